The summed E-state index contributed by atoms with van der Waals surface area (Å²) in [5.41, 5.74) is 0.835. The van der Waals surface area contributed by atoms with Gasteiger partial charge in [0.25, 0.3) is 0 Å². The van der Waals surface area contributed by atoms with Gasteiger partial charge >= 0.3 is 0 Å². The van der Waals surface area contributed by atoms with Crippen LogP contribution in [0.2, 0.25) is 0 Å². The number of nitrogens with zero attached hydrogens (tertiary/aromatic N) is 3. The van der Waals surface area contributed by atoms with Gasteiger partial charge in [-0.2, -0.15) is 0 Å². The smallest absolute Gasteiger partial charge is 0.231 e. The van der Waals surface area contributed by atoms with Gasteiger partial charge < -0.3 is 10.2 Å². The Morgan fingerprint density at radius 1 is 1.30 bits per heavy atom. The Labute approximate surface area is 161 Å². The number of carbonyl (C=O) groups is 2. The lowest BCUT2D eigenvalue weighted by Crippen LogP contribution is -2.30. The van der Waals surface area contributed by atoms with Crippen molar-refractivity contribution in [3.05, 3.63) is 40.7 Å². The van der Waals surface area contributed by atoms with Crippen LogP contribution in [0.5, 0.6) is 0 Å². The van der Waals surface area contributed by atoms with Crippen molar-refractivity contribution in [3.8, 4) is 0 Å². The van der Waals surface area contributed by atoms with E-state index in [-0.39, 0.29) is 29.5 Å². The van der Waals surface area contributed by atoms with Gasteiger partial charge in [0.2, 0.25) is 16.9 Å². The van der Waals surface area contributed by atoms with Crippen LogP contribution < -0.4 is 5.32 Å². The van der Waals surface area contributed by atoms with Gasteiger partial charge in [-0.1, -0.05) is 44.2 Å². The minimum absolute atomic E-state index is 0.0371. The van der Waals surface area contributed by atoms with E-state index in [1.807, 2.05) is 20.8 Å². The lowest BCUT2D eigenvalue weighted by molar-refractivity contribution is -0.128. The summed E-state index contributed by atoms with van der Waals surface area (Å²) >= 11 is 1.35. The van der Waals surface area contributed by atoms with Crippen molar-refractivity contribution < 1.29 is 14.0 Å². The minimum Gasteiger partial charge on any atom is -0.342 e. The number of rotatable bonds is 5. The largest absolute Gasteiger partial charge is 0.342 e. The Morgan fingerprint density at radius 3 is 2.63 bits per heavy atom. The second kappa shape index (κ2) is 7.72. The quantitative estimate of drug-likeness (QED) is 0.852. The van der Waals surface area contributed by atoms with E-state index in [1.165, 1.54) is 23.5 Å². The molecule has 2 heterocycles. The van der Waals surface area contributed by atoms with E-state index in [0.29, 0.717) is 24.6 Å². The average Bonchev–Trinajstić information content (AvgIpc) is 3.21. The van der Waals surface area contributed by atoms with Crippen molar-refractivity contribution in [2.75, 3.05) is 18.4 Å². The fraction of sp³-hybridized carbons (Fsp3) is 0.474. The highest BCUT2D eigenvalue weighted by Gasteiger charge is 2.34. The van der Waals surface area contributed by atoms with Crippen molar-refractivity contribution in [3.63, 3.8) is 0 Å². The molecule has 8 heteroatoms. The van der Waals surface area contributed by atoms with Gasteiger partial charge in [-0.3, -0.25) is 9.59 Å². The summed E-state index contributed by atoms with van der Waals surface area (Å²) in [7, 11) is 0. The maximum Gasteiger partial charge on any atom is 0.231 e. The first kappa shape index (κ1) is 19.4. The number of nitrogens with one attached hydrogen (secondary N) is 1. The summed E-state index contributed by atoms with van der Waals surface area (Å²) in [6.07, 6.45) is 0.825. The van der Waals surface area contributed by atoms with Crippen molar-refractivity contribution >= 4 is 28.3 Å². The Bertz CT molecular complexity index is 829. The molecule has 1 atom stereocenters. The number of benzene rings is 1. The maximum atomic E-state index is 13.0. The number of hydrogen-bond donors (Lipinski definition) is 1. The Kier molecular flexibility index (Phi) is 5.55. The van der Waals surface area contributed by atoms with Gasteiger partial charge in [0, 0.05) is 24.9 Å². The second-order valence-electron chi connectivity index (χ2n) is 7.77. The molecule has 0 spiro atoms. The molecule has 3 rings (SSSR count). The number of likely N-dealkylation sites (tertiary alicyclic amines) is 1. The Morgan fingerprint density at radius 2 is 2.00 bits per heavy atom. The summed E-state index contributed by atoms with van der Waals surface area (Å²) in [5, 5.41) is 12.2. The van der Waals surface area contributed by atoms with E-state index in [0.717, 1.165) is 10.6 Å². The van der Waals surface area contributed by atoms with E-state index >= 15 is 0 Å². The van der Waals surface area contributed by atoms with Gasteiger partial charge in [0.15, 0.2) is 0 Å². The first-order chi connectivity index (χ1) is 12.7. The highest BCUT2D eigenvalue weighted by atomic mass is 32.1. The predicted octanol–water partition coefficient (Wildman–Crippen LogP) is 3.00. The first-order valence-electron chi connectivity index (χ1n) is 8.89. The normalized spacial score (nSPS) is 17.4. The molecule has 144 valence electrons. The van der Waals surface area contributed by atoms with Crippen molar-refractivity contribution in [1.29, 1.82) is 0 Å². The molecule has 0 saturated carbocycles. The molecule has 1 fully saturated rings. The van der Waals surface area contributed by atoms with E-state index in [2.05, 4.69) is 15.5 Å². The molecule has 0 bridgehead atoms. The van der Waals surface area contributed by atoms with E-state index in [9.17, 15) is 14.0 Å². The van der Waals surface area contributed by atoms with Crippen LogP contribution >= 0.6 is 11.3 Å². The van der Waals surface area contributed by atoms with Crippen LogP contribution in [0.3, 0.4) is 0 Å². The van der Waals surface area contributed by atoms with Crippen LogP contribution in [-0.2, 0) is 21.4 Å². The van der Waals surface area contributed by atoms with Gasteiger partial charge in [0.1, 0.15) is 10.8 Å². The molecular weight excluding hydrogens is 367 g/mol. The highest BCUT2D eigenvalue weighted by molar-refractivity contribution is 7.15. The third-order valence-electron chi connectivity index (χ3n) is 4.47. The maximum absolute atomic E-state index is 13.0. The van der Waals surface area contributed by atoms with E-state index < -0.39 is 5.92 Å². The van der Waals surface area contributed by atoms with Gasteiger partial charge in [0.05, 0.1) is 5.92 Å². The zero-order valence-electron chi connectivity index (χ0n) is 15.7. The molecular formula is C19H23FN4O2S. The third-order valence-corrected chi connectivity index (χ3v) is 5.73. The number of hydrogen-bond acceptors (Lipinski definition) is 5. The van der Waals surface area contributed by atoms with Crippen LogP contribution in [0.15, 0.2) is 24.3 Å². The average molecular weight is 390 g/mol. The van der Waals surface area contributed by atoms with Gasteiger partial charge in [-0.25, -0.2) is 4.39 Å². The molecule has 27 heavy (non-hydrogen) atoms. The molecule has 0 aliphatic carbocycles. The molecule has 2 amide bonds. The molecule has 6 nitrogen and oxygen atoms in total. The monoisotopic (exact) mass is 390 g/mol. The number of anilines is 1. The van der Waals surface area contributed by atoms with Crippen LogP contribution in [-0.4, -0.2) is 40.0 Å². The van der Waals surface area contributed by atoms with Crippen molar-refractivity contribution in [2.24, 2.45) is 5.92 Å². The molecule has 2 aromatic rings. The van der Waals surface area contributed by atoms with Crippen molar-refractivity contribution in [1.82, 2.24) is 15.1 Å². The van der Waals surface area contributed by atoms with E-state index in [1.54, 1.807) is 17.0 Å². The molecule has 0 unspecified atom stereocenters. The summed E-state index contributed by atoms with van der Waals surface area (Å²) in [6, 6.07) is 6.24. The molecule has 1 aromatic heterocycles. The number of aromatic nitrogens is 2. The predicted molar refractivity (Wildman–Crippen MR) is 102 cm³/mol. The Balaban J connectivity index is 1.54. The molecule has 1 saturated heterocycles. The zero-order chi connectivity index (χ0) is 19.6. The first-order valence-corrected chi connectivity index (χ1v) is 9.71. The summed E-state index contributed by atoms with van der Waals surface area (Å²) in [6.45, 7) is 7.01. The van der Waals surface area contributed by atoms with Crippen LogP contribution in [0.4, 0.5) is 9.52 Å². The lowest BCUT2D eigenvalue weighted by atomic mass is 9.98. The van der Waals surface area contributed by atoms with Crippen LogP contribution in [0.25, 0.3) is 0 Å². The molecule has 1 aliphatic rings. The second-order valence-corrected chi connectivity index (χ2v) is 8.75. The molecule has 0 radical (unpaired) electrons. The molecule has 1 aliphatic heterocycles. The highest BCUT2D eigenvalue weighted by Crippen LogP contribution is 2.28. The topological polar surface area (TPSA) is 75.2 Å². The van der Waals surface area contributed by atoms with Crippen LogP contribution in [0.1, 0.15) is 37.8 Å². The summed E-state index contributed by atoms with van der Waals surface area (Å²) in [5.74, 6) is -0.916. The third kappa shape index (κ3) is 4.88. The van der Waals surface area contributed by atoms with E-state index in [4.69, 9.17) is 0 Å². The molecule has 1 N–H and O–H groups in total. The fourth-order valence-electron chi connectivity index (χ4n) is 2.86. The summed E-state index contributed by atoms with van der Waals surface area (Å²) < 4.78 is 13.0. The number of amides is 2. The molecule has 1 aromatic carbocycles. The van der Waals surface area contributed by atoms with Gasteiger partial charge in [-0.15, -0.1) is 10.2 Å². The van der Waals surface area contributed by atoms with Gasteiger partial charge in [-0.05, 0) is 24.1 Å². The zero-order valence-corrected chi connectivity index (χ0v) is 16.5. The number of carbonyl (C=O) groups excluding carboxylic acids is 2. The number of halogens is 1. The SMILES string of the molecule is CC(C)(C)c1nnc(NC(=O)[C@H]2CC(=O)N(CCc3ccc(F)cc3)C2)s1. The van der Waals surface area contributed by atoms with Crippen molar-refractivity contribution in [2.45, 2.75) is 39.0 Å². The minimum atomic E-state index is -0.396. The lowest BCUT2D eigenvalue weighted by Gasteiger charge is -2.16. The summed E-state index contributed by atoms with van der Waals surface area (Å²) in [4.78, 5) is 26.4. The Hall–Kier alpha value is -2.35. The fourth-order valence-corrected chi connectivity index (χ4v) is 3.67. The van der Waals surface area contributed by atoms with Crippen LogP contribution in [0, 0.1) is 11.7 Å². The standard InChI is InChI=1S/C19H23FN4O2S/c1-19(2,3)17-22-23-18(27-17)21-16(26)13-10-15(25)24(11-13)9-8-12-4-6-14(20)7-5-12/h4-7,13H,8-11H2,1-3H3,(H,21,23,26)/t13-/m0/s1.